The first kappa shape index (κ1) is 50.2. The molecule has 0 atom stereocenters. The standard InChI is InChI=1S/C78H76BN3/c1-42(2)43-23-30-63-56(33-43)66-65(80(63)49-21-19-18-20-22-49)41-55-52-34-44(73(3,4)5)26-31-62(52)81-64-32-29-57-72-67(64)79(68(66)71(55)81)61-40-48(77(15,16)17)36-54-53-35-47(76(12,13)14)39-60(69(53)82(72)70(54)61)78(57)58-37-45(74(6,7)8)24-27-50(58)51-28-25-46(38-59(51)78)75(9,10)11/h18-42H,1-17H3. The predicted molar refractivity (Wildman–Crippen MR) is 353 cm³/mol. The zero-order valence-electron chi connectivity index (χ0n) is 51.4. The molecule has 406 valence electrons. The average molecular weight is 1070 g/mol. The van der Waals surface area contributed by atoms with E-state index in [2.05, 4.69) is 277 Å². The molecule has 3 aliphatic heterocycles. The van der Waals surface area contributed by atoms with Crippen LogP contribution in [-0.4, -0.2) is 20.4 Å². The van der Waals surface area contributed by atoms with Crippen molar-refractivity contribution in [3.05, 3.63) is 201 Å². The number of para-hydroxylation sites is 1. The Morgan fingerprint density at radius 3 is 1.51 bits per heavy atom. The molecular weight excluding hydrogens is 990 g/mol. The molecule has 12 aromatic rings. The van der Waals surface area contributed by atoms with Gasteiger partial charge in [-0.2, -0.15) is 0 Å². The van der Waals surface area contributed by atoms with E-state index < -0.39 is 5.41 Å². The van der Waals surface area contributed by atoms with E-state index in [4.69, 9.17) is 0 Å². The van der Waals surface area contributed by atoms with Crippen molar-refractivity contribution in [2.24, 2.45) is 0 Å². The van der Waals surface area contributed by atoms with Gasteiger partial charge in [0.15, 0.2) is 0 Å². The van der Waals surface area contributed by atoms with Crippen molar-refractivity contribution in [3.63, 3.8) is 0 Å². The fourth-order valence-electron chi connectivity index (χ4n) is 15.9. The zero-order valence-corrected chi connectivity index (χ0v) is 51.4. The third kappa shape index (κ3) is 6.24. The Morgan fingerprint density at radius 2 is 0.902 bits per heavy atom. The second kappa shape index (κ2) is 15.5. The van der Waals surface area contributed by atoms with Gasteiger partial charge in [-0.3, -0.25) is 0 Å². The monoisotopic (exact) mass is 1070 g/mol. The van der Waals surface area contributed by atoms with E-state index in [-0.39, 0.29) is 33.8 Å². The molecule has 0 unspecified atom stereocenters. The van der Waals surface area contributed by atoms with E-state index in [1.165, 1.54) is 166 Å². The molecule has 0 N–H and O–H groups in total. The summed E-state index contributed by atoms with van der Waals surface area (Å²) in [5.74, 6) is 0.362. The van der Waals surface area contributed by atoms with Gasteiger partial charge in [-0.25, -0.2) is 0 Å². The Balaban J connectivity index is 1.20. The highest BCUT2D eigenvalue weighted by Crippen LogP contribution is 2.63. The van der Waals surface area contributed by atoms with E-state index >= 15 is 0 Å². The van der Waals surface area contributed by atoms with Crippen LogP contribution in [0, 0.1) is 0 Å². The summed E-state index contributed by atoms with van der Waals surface area (Å²) < 4.78 is 8.17. The maximum Gasteiger partial charge on any atom is 0.253 e. The fourth-order valence-corrected chi connectivity index (χ4v) is 15.9. The van der Waals surface area contributed by atoms with Crippen molar-refractivity contribution in [2.75, 3.05) is 0 Å². The van der Waals surface area contributed by atoms with Crippen LogP contribution >= 0.6 is 0 Å². The van der Waals surface area contributed by atoms with Crippen LogP contribution in [0.1, 0.15) is 179 Å². The van der Waals surface area contributed by atoms with Crippen LogP contribution in [0.15, 0.2) is 146 Å². The summed E-state index contributed by atoms with van der Waals surface area (Å²) in [6.45, 7) is 40.6. The van der Waals surface area contributed by atoms with Gasteiger partial charge in [-0.1, -0.05) is 203 Å². The number of nitrogens with zero attached hydrogens (tertiary/aromatic N) is 3. The Labute approximate surface area is 485 Å². The number of rotatable bonds is 2. The van der Waals surface area contributed by atoms with Crippen molar-refractivity contribution in [1.82, 2.24) is 13.7 Å². The second-order valence-corrected chi connectivity index (χ2v) is 30.8. The molecule has 16 rings (SSSR count). The Morgan fingerprint density at radius 1 is 0.378 bits per heavy atom. The zero-order chi connectivity index (χ0) is 57.2. The quantitative estimate of drug-likeness (QED) is 0.153. The molecule has 6 heterocycles. The van der Waals surface area contributed by atoms with Gasteiger partial charge in [0, 0.05) is 54.9 Å². The number of fused-ring (bicyclic) bond motifs is 18. The van der Waals surface area contributed by atoms with E-state index in [1.54, 1.807) is 0 Å². The third-order valence-corrected chi connectivity index (χ3v) is 20.3. The molecule has 0 saturated carbocycles. The maximum absolute atomic E-state index is 2.83. The van der Waals surface area contributed by atoms with Crippen molar-refractivity contribution >= 4 is 88.5 Å². The van der Waals surface area contributed by atoms with E-state index in [1.807, 2.05) is 0 Å². The summed E-state index contributed by atoms with van der Waals surface area (Å²) in [6.07, 6.45) is 0. The summed E-state index contributed by atoms with van der Waals surface area (Å²) in [5.41, 5.74) is 31.4. The van der Waals surface area contributed by atoms with E-state index in [9.17, 15) is 0 Å². The van der Waals surface area contributed by atoms with E-state index in [0.717, 1.165) is 0 Å². The molecule has 4 heteroatoms. The van der Waals surface area contributed by atoms with Crippen molar-refractivity contribution < 1.29 is 0 Å². The number of benzene rings is 9. The summed E-state index contributed by atoms with van der Waals surface area (Å²) >= 11 is 0. The Kier molecular flexibility index (Phi) is 9.52. The number of hydrogen-bond acceptors (Lipinski definition) is 0. The molecular formula is C78H76BN3. The highest BCUT2D eigenvalue weighted by molar-refractivity contribution is 7.02. The molecule has 9 aromatic carbocycles. The molecule has 1 spiro atoms. The lowest BCUT2D eigenvalue weighted by molar-refractivity contribution is 0.583. The van der Waals surface area contributed by atoms with Gasteiger partial charge in [0.25, 0.3) is 6.71 Å². The van der Waals surface area contributed by atoms with Gasteiger partial charge in [-0.05, 0) is 177 Å². The molecule has 3 nitrogen and oxygen atoms in total. The summed E-state index contributed by atoms with van der Waals surface area (Å²) in [4.78, 5) is 0. The first-order valence-corrected chi connectivity index (χ1v) is 30.5. The van der Waals surface area contributed by atoms with Gasteiger partial charge < -0.3 is 13.7 Å². The van der Waals surface area contributed by atoms with Gasteiger partial charge in [0.05, 0.1) is 33.0 Å². The van der Waals surface area contributed by atoms with E-state index in [0.29, 0.717) is 5.92 Å². The number of aromatic nitrogens is 3. The number of hydrogen-bond donors (Lipinski definition) is 0. The van der Waals surface area contributed by atoms with Crippen LogP contribution in [0.5, 0.6) is 0 Å². The highest BCUT2D eigenvalue weighted by Gasteiger charge is 2.56. The fraction of sp³-hybridized carbons (Fsp3) is 0.308. The SMILES string of the molecule is CC(C)c1ccc2c(c1)c1c3c4c(cc1n2-c1ccccc1)c1cc(C(C)(C)C)ccc1n4-c1ccc2c4c1B3c1cc(C(C)(C)C)cc3c5cc(C(C)(C)C)cc(c5n-4c13)C21c2cc(C(C)(C)C)ccc2-c2ccc(C(C)(C)C)cc21. The topological polar surface area (TPSA) is 14.8 Å². The molecule has 82 heavy (non-hydrogen) atoms. The molecule has 0 saturated heterocycles. The normalized spacial score (nSPS) is 15.1. The molecule has 4 aliphatic rings. The molecule has 0 bridgehead atoms. The summed E-state index contributed by atoms with van der Waals surface area (Å²) in [7, 11) is 0. The van der Waals surface area contributed by atoms with Crippen LogP contribution in [0.4, 0.5) is 0 Å². The van der Waals surface area contributed by atoms with Crippen LogP contribution in [0.25, 0.3) is 93.6 Å². The Hall–Kier alpha value is -7.56. The Bertz CT molecular complexity index is 4830. The molecule has 0 fully saturated rings. The van der Waals surface area contributed by atoms with Crippen molar-refractivity contribution in [3.8, 4) is 28.2 Å². The first-order valence-electron chi connectivity index (χ1n) is 30.5. The van der Waals surface area contributed by atoms with Crippen LogP contribution < -0.4 is 16.4 Å². The lowest BCUT2D eigenvalue weighted by Crippen LogP contribution is -2.61. The van der Waals surface area contributed by atoms with Crippen molar-refractivity contribution in [1.29, 1.82) is 0 Å². The molecule has 1 aliphatic carbocycles. The van der Waals surface area contributed by atoms with Crippen LogP contribution in [0.2, 0.25) is 0 Å². The molecule has 0 amide bonds. The van der Waals surface area contributed by atoms with Gasteiger partial charge in [0.2, 0.25) is 0 Å². The van der Waals surface area contributed by atoms with Crippen LogP contribution in [0.3, 0.4) is 0 Å². The van der Waals surface area contributed by atoms with Gasteiger partial charge in [-0.15, -0.1) is 0 Å². The lowest BCUT2D eigenvalue weighted by atomic mass is 9.33. The summed E-state index contributed by atoms with van der Waals surface area (Å²) in [5, 5.41) is 8.06. The first-order chi connectivity index (χ1) is 38.7. The lowest BCUT2D eigenvalue weighted by Gasteiger charge is -2.45. The third-order valence-electron chi connectivity index (χ3n) is 20.3. The largest absolute Gasteiger partial charge is 0.310 e. The molecule has 0 radical (unpaired) electrons. The highest BCUT2D eigenvalue weighted by atomic mass is 15.1. The van der Waals surface area contributed by atoms with Crippen molar-refractivity contribution in [2.45, 2.75) is 156 Å². The maximum atomic E-state index is 2.83. The minimum atomic E-state index is -0.645. The average Bonchev–Trinajstić information content (AvgIpc) is 1.60. The molecule has 3 aromatic heterocycles. The predicted octanol–water partition coefficient (Wildman–Crippen LogP) is 18.4. The minimum Gasteiger partial charge on any atom is -0.310 e. The summed E-state index contributed by atoms with van der Waals surface area (Å²) in [6, 6.07) is 59.5. The van der Waals surface area contributed by atoms with Crippen LogP contribution in [-0.2, 0) is 32.5 Å². The van der Waals surface area contributed by atoms with Gasteiger partial charge in [0.1, 0.15) is 0 Å². The minimum absolute atomic E-state index is 0.0413. The second-order valence-electron chi connectivity index (χ2n) is 30.8. The van der Waals surface area contributed by atoms with Gasteiger partial charge >= 0.3 is 0 Å². The smallest absolute Gasteiger partial charge is 0.253 e.